The van der Waals surface area contributed by atoms with Crippen molar-refractivity contribution in [3.63, 3.8) is 0 Å². The van der Waals surface area contributed by atoms with Crippen LogP contribution in [-0.2, 0) is 23.8 Å². The van der Waals surface area contributed by atoms with Crippen molar-refractivity contribution >= 4 is 11.9 Å². The molecule has 31 heavy (non-hydrogen) atoms. The summed E-state index contributed by atoms with van der Waals surface area (Å²) < 4.78 is 16.7. The van der Waals surface area contributed by atoms with Gasteiger partial charge >= 0.3 is 11.9 Å². The van der Waals surface area contributed by atoms with Crippen LogP contribution < -0.4 is 0 Å². The summed E-state index contributed by atoms with van der Waals surface area (Å²) in [6, 6.07) is 0. The van der Waals surface area contributed by atoms with Gasteiger partial charge in [0.15, 0.2) is 6.29 Å². The first-order valence-electron chi connectivity index (χ1n) is 11.5. The second kappa shape index (κ2) is 14.7. The number of hydrogen-bond donors (Lipinski definition) is 4. The fourth-order valence-electron chi connectivity index (χ4n) is 3.60. The Morgan fingerprint density at radius 2 is 1.45 bits per heavy atom. The summed E-state index contributed by atoms with van der Waals surface area (Å²) in [4.78, 5) is 23.6. The van der Waals surface area contributed by atoms with Crippen molar-refractivity contribution in [2.45, 2.75) is 128 Å². The van der Waals surface area contributed by atoms with Gasteiger partial charge in [0.05, 0.1) is 25.0 Å². The van der Waals surface area contributed by atoms with E-state index in [1.54, 1.807) is 6.92 Å². The fourth-order valence-corrected chi connectivity index (χ4v) is 3.60. The van der Waals surface area contributed by atoms with Gasteiger partial charge in [-0.05, 0) is 26.2 Å². The van der Waals surface area contributed by atoms with E-state index in [1.165, 1.54) is 0 Å². The van der Waals surface area contributed by atoms with Crippen molar-refractivity contribution in [2.24, 2.45) is 0 Å². The lowest BCUT2D eigenvalue weighted by Crippen LogP contribution is -2.58. The maximum absolute atomic E-state index is 12.5. The molecule has 2 unspecified atom stereocenters. The SMILES string of the molecule is CCCCCC(CC(=O)O)OC(=O)CC(CCCCC)O[C@@H]1O[C@@H](C)[C@H](O)[C@@H](O)[C@H]1O. The maximum Gasteiger partial charge on any atom is 0.308 e. The van der Waals surface area contributed by atoms with E-state index < -0.39 is 54.9 Å². The number of rotatable bonds is 15. The molecule has 9 nitrogen and oxygen atoms in total. The lowest BCUT2D eigenvalue weighted by molar-refractivity contribution is -0.304. The Bertz CT molecular complexity index is 527. The van der Waals surface area contributed by atoms with E-state index in [-0.39, 0.29) is 12.8 Å². The van der Waals surface area contributed by atoms with Crippen LogP contribution >= 0.6 is 0 Å². The molecule has 0 amide bonds. The Morgan fingerprint density at radius 3 is 2.00 bits per heavy atom. The van der Waals surface area contributed by atoms with Gasteiger partial charge < -0.3 is 34.6 Å². The second-order valence-electron chi connectivity index (χ2n) is 8.34. The molecule has 0 aromatic carbocycles. The third-order valence-electron chi connectivity index (χ3n) is 5.49. The van der Waals surface area contributed by atoms with Crippen LogP contribution in [0.1, 0.15) is 85.0 Å². The second-order valence-corrected chi connectivity index (χ2v) is 8.34. The molecule has 4 N–H and O–H groups in total. The quantitative estimate of drug-likeness (QED) is 0.219. The van der Waals surface area contributed by atoms with E-state index in [9.17, 15) is 24.9 Å². The van der Waals surface area contributed by atoms with Gasteiger partial charge in [-0.3, -0.25) is 9.59 Å². The van der Waals surface area contributed by atoms with E-state index in [1.807, 2.05) is 13.8 Å². The Morgan fingerprint density at radius 1 is 0.871 bits per heavy atom. The molecule has 0 spiro atoms. The molecule has 0 aromatic rings. The number of aliphatic carboxylic acids is 1. The third kappa shape index (κ3) is 10.3. The van der Waals surface area contributed by atoms with Crippen LogP contribution in [0, 0.1) is 0 Å². The summed E-state index contributed by atoms with van der Waals surface area (Å²) in [6.07, 6.45) is -1.36. The number of carbonyl (C=O) groups excluding carboxylic acids is 1. The van der Waals surface area contributed by atoms with Gasteiger partial charge in [-0.15, -0.1) is 0 Å². The molecular formula is C22H40O9. The van der Waals surface area contributed by atoms with Crippen molar-refractivity contribution in [2.75, 3.05) is 0 Å². The molecule has 0 radical (unpaired) electrons. The van der Waals surface area contributed by atoms with Crippen LogP contribution in [0.5, 0.6) is 0 Å². The molecule has 1 aliphatic heterocycles. The predicted octanol–water partition coefficient (Wildman–Crippen LogP) is 2.14. The van der Waals surface area contributed by atoms with Gasteiger partial charge in [-0.25, -0.2) is 0 Å². The van der Waals surface area contributed by atoms with Crippen molar-refractivity contribution in [3.8, 4) is 0 Å². The van der Waals surface area contributed by atoms with Crippen LogP contribution in [0.25, 0.3) is 0 Å². The van der Waals surface area contributed by atoms with Gasteiger partial charge in [0, 0.05) is 0 Å². The van der Waals surface area contributed by atoms with Gasteiger partial charge in [0.25, 0.3) is 0 Å². The van der Waals surface area contributed by atoms with E-state index >= 15 is 0 Å². The summed E-state index contributed by atoms with van der Waals surface area (Å²) in [6.45, 7) is 5.64. The zero-order valence-corrected chi connectivity index (χ0v) is 18.9. The highest BCUT2D eigenvalue weighted by Gasteiger charge is 2.43. The minimum absolute atomic E-state index is 0.118. The molecule has 1 fully saturated rings. The van der Waals surface area contributed by atoms with E-state index in [0.717, 1.165) is 38.5 Å². The number of carbonyl (C=O) groups is 2. The largest absolute Gasteiger partial charge is 0.481 e. The Balaban J connectivity index is 2.73. The van der Waals surface area contributed by atoms with Gasteiger partial charge in [0.2, 0.25) is 0 Å². The summed E-state index contributed by atoms with van der Waals surface area (Å²) in [5, 5.41) is 39.1. The maximum atomic E-state index is 12.5. The van der Waals surface area contributed by atoms with Crippen molar-refractivity contribution in [1.82, 2.24) is 0 Å². The fraction of sp³-hybridized carbons (Fsp3) is 0.909. The summed E-state index contributed by atoms with van der Waals surface area (Å²) >= 11 is 0. The highest BCUT2D eigenvalue weighted by Crippen LogP contribution is 2.25. The first kappa shape index (κ1) is 27.8. The first-order valence-corrected chi connectivity index (χ1v) is 11.5. The monoisotopic (exact) mass is 448 g/mol. The molecule has 0 aliphatic carbocycles. The molecule has 182 valence electrons. The van der Waals surface area contributed by atoms with Gasteiger partial charge in [-0.2, -0.15) is 0 Å². The summed E-state index contributed by atoms with van der Waals surface area (Å²) in [5.41, 5.74) is 0. The average Bonchev–Trinajstić information content (AvgIpc) is 2.70. The lowest BCUT2D eigenvalue weighted by atomic mass is 9.99. The average molecular weight is 449 g/mol. The van der Waals surface area contributed by atoms with Gasteiger partial charge in [0.1, 0.15) is 24.4 Å². The molecule has 1 saturated heterocycles. The number of hydrogen-bond acceptors (Lipinski definition) is 8. The topological polar surface area (TPSA) is 143 Å². The van der Waals surface area contributed by atoms with E-state index in [0.29, 0.717) is 12.8 Å². The molecule has 7 atom stereocenters. The number of unbranched alkanes of at least 4 members (excludes halogenated alkanes) is 4. The highest BCUT2D eigenvalue weighted by molar-refractivity contribution is 5.72. The number of carboxylic acids is 1. The molecule has 0 bridgehead atoms. The Kier molecular flexibility index (Phi) is 13.2. The summed E-state index contributed by atoms with van der Waals surface area (Å²) in [7, 11) is 0. The zero-order chi connectivity index (χ0) is 23.4. The Labute approximate surface area is 184 Å². The lowest BCUT2D eigenvalue weighted by Gasteiger charge is -2.40. The number of carboxylic acid groups (broad SMARTS) is 1. The van der Waals surface area contributed by atoms with Gasteiger partial charge in [-0.1, -0.05) is 46.0 Å². The van der Waals surface area contributed by atoms with Crippen LogP contribution in [0.15, 0.2) is 0 Å². The van der Waals surface area contributed by atoms with Crippen molar-refractivity contribution in [3.05, 3.63) is 0 Å². The van der Waals surface area contributed by atoms with Crippen LogP contribution in [0.3, 0.4) is 0 Å². The van der Waals surface area contributed by atoms with E-state index in [4.69, 9.17) is 19.3 Å². The minimum atomic E-state index is -1.45. The smallest absolute Gasteiger partial charge is 0.308 e. The molecule has 1 aliphatic rings. The molecule has 9 heteroatoms. The normalized spacial score (nSPS) is 28.1. The van der Waals surface area contributed by atoms with E-state index in [2.05, 4.69) is 0 Å². The minimum Gasteiger partial charge on any atom is -0.481 e. The summed E-state index contributed by atoms with van der Waals surface area (Å²) in [5.74, 6) is -1.59. The van der Waals surface area contributed by atoms with Crippen LogP contribution in [0.4, 0.5) is 0 Å². The zero-order valence-electron chi connectivity index (χ0n) is 18.9. The predicted molar refractivity (Wildman–Crippen MR) is 112 cm³/mol. The highest BCUT2D eigenvalue weighted by atomic mass is 16.7. The standard InChI is InChI=1S/C22H40O9/c1-4-6-8-10-15(12-17(23)24)30-18(25)13-16(11-9-7-5-2)31-22-21(28)20(27)19(26)14(3)29-22/h14-16,19-22,26-28H,4-13H2,1-3H3,(H,23,24)/t14-,15?,16?,19-,20+,21+,22-/m0/s1. The number of esters is 1. The molecule has 1 heterocycles. The number of ether oxygens (including phenoxy) is 3. The van der Waals surface area contributed by atoms with Crippen molar-refractivity contribution in [1.29, 1.82) is 0 Å². The molecule has 1 rings (SSSR count). The van der Waals surface area contributed by atoms with Crippen LogP contribution in [0.2, 0.25) is 0 Å². The Hall–Kier alpha value is -1.26. The third-order valence-corrected chi connectivity index (χ3v) is 5.49. The molecule has 0 aromatic heterocycles. The number of aliphatic hydroxyl groups is 3. The first-order chi connectivity index (χ1) is 14.7. The molecule has 0 saturated carbocycles. The number of aliphatic hydroxyl groups excluding tert-OH is 3. The van der Waals surface area contributed by atoms with Crippen LogP contribution in [-0.4, -0.2) is 75.3 Å². The molecular weight excluding hydrogens is 408 g/mol. The van der Waals surface area contributed by atoms with Crippen molar-refractivity contribution < 1.29 is 44.2 Å².